The maximum Gasteiger partial charge on any atom is 0.416 e. The van der Waals surface area contributed by atoms with Crippen molar-refractivity contribution in [2.24, 2.45) is 0 Å². The highest BCUT2D eigenvalue weighted by Crippen LogP contribution is 2.37. The molecule has 6 nitrogen and oxygen atoms in total. The summed E-state index contributed by atoms with van der Waals surface area (Å²) < 4.78 is 102. The molecule has 1 N–H and O–H groups in total. The molecule has 0 atom stereocenters. The van der Waals surface area contributed by atoms with E-state index >= 15 is 0 Å². The van der Waals surface area contributed by atoms with Crippen molar-refractivity contribution >= 4 is 21.6 Å². The third-order valence-electron chi connectivity index (χ3n) is 3.86. The smallest absolute Gasteiger partial charge is 0.322 e. The first-order chi connectivity index (χ1) is 13.7. The molecule has 0 heterocycles. The molecule has 0 spiro atoms. The molecule has 30 heavy (non-hydrogen) atoms. The number of hydrogen-bond donors (Lipinski definition) is 1. The third-order valence-corrected chi connectivity index (χ3v) is 5.55. The molecule has 0 aliphatic rings. The van der Waals surface area contributed by atoms with Crippen LogP contribution in [-0.4, -0.2) is 33.0 Å². The molecule has 0 saturated heterocycles. The first-order valence-electron chi connectivity index (χ1n) is 7.90. The number of halogens is 6. The van der Waals surface area contributed by atoms with Crippen LogP contribution in [0.1, 0.15) is 21.5 Å². The van der Waals surface area contributed by atoms with Gasteiger partial charge in [0, 0.05) is 18.3 Å². The highest BCUT2D eigenvalue weighted by atomic mass is 32.2. The fourth-order valence-electron chi connectivity index (χ4n) is 2.26. The van der Waals surface area contributed by atoms with Gasteiger partial charge in [-0.2, -0.15) is 26.3 Å². The van der Waals surface area contributed by atoms with Crippen molar-refractivity contribution < 1.29 is 44.4 Å². The molecule has 1 amide bonds. The summed E-state index contributed by atoms with van der Waals surface area (Å²) in [4.78, 5) is 16.6. The summed E-state index contributed by atoms with van der Waals surface area (Å²) >= 11 is 0. The Morgan fingerprint density at radius 1 is 0.933 bits per heavy atom. The van der Waals surface area contributed by atoms with E-state index in [1.54, 1.807) is 0 Å². The van der Waals surface area contributed by atoms with Gasteiger partial charge in [-0.05, 0) is 42.5 Å². The van der Waals surface area contributed by atoms with E-state index in [2.05, 4.69) is 4.84 Å². The van der Waals surface area contributed by atoms with Crippen molar-refractivity contribution in [1.82, 2.24) is 4.47 Å². The largest absolute Gasteiger partial charge is 0.416 e. The molecular formula is C17H14F6N2O4S. The molecule has 0 saturated carbocycles. The second kappa shape index (κ2) is 8.24. The molecule has 2 aromatic rings. The lowest BCUT2D eigenvalue weighted by molar-refractivity contribution is -0.143. The van der Waals surface area contributed by atoms with Crippen molar-refractivity contribution in [3.63, 3.8) is 0 Å². The highest BCUT2D eigenvalue weighted by Gasteiger charge is 2.37. The van der Waals surface area contributed by atoms with Crippen LogP contribution in [0.2, 0.25) is 0 Å². The van der Waals surface area contributed by atoms with Crippen molar-refractivity contribution in [3.8, 4) is 0 Å². The van der Waals surface area contributed by atoms with Crippen molar-refractivity contribution in [2.75, 3.05) is 19.5 Å². The Hall–Kier alpha value is -2.64. The summed E-state index contributed by atoms with van der Waals surface area (Å²) in [6.07, 6.45) is -10.1. The number of rotatable bonds is 5. The second-order valence-corrected chi connectivity index (χ2v) is 7.81. The number of nitrogens with one attached hydrogen (secondary N) is 1. The zero-order chi connectivity index (χ0) is 22.9. The summed E-state index contributed by atoms with van der Waals surface area (Å²) in [5, 5.41) is 1.95. The fraction of sp³-hybridized carbons (Fsp3) is 0.235. The molecule has 0 aromatic heterocycles. The van der Waals surface area contributed by atoms with Crippen LogP contribution in [0.4, 0.5) is 32.0 Å². The number of alkyl halides is 6. The van der Waals surface area contributed by atoms with E-state index in [0.29, 0.717) is 16.6 Å². The SMILES string of the molecule is CON(C)S(=O)(=O)c1ccc(C(=O)Nc2cc(C(F)(F)F)cc(C(F)(F)F)c2)cc1. The van der Waals surface area contributed by atoms with Crippen LogP contribution in [0.5, 0.6) is 0 Å². The summed E-state index contributed by atoms with van der Waals surface area (Å²) in [6, 6.07) is 4.81. The van der Waals surface area contributed by atoms with Gasteiger partial charge in [0.25, 0.3) is 15.9 Å². The van der Waals surface area contributed by atoms with Crippen LogP contribution >= 0.6 is 0 Å². The van der Waals surface area contributed by atoms with E-state index in [0.717, 1.165) is 38.4 Å². The quantitative estimate of drug-likeness (QED) is 0.542. The molecule has 2 aromatic carbocycles. The Morgan fingerprint density at radius 2 is 1.40 bits per heavy atom. The van der Waals surface area contributed by atoms with Gasteiger partial charge in [-0.1, -0.05) is 4.47 Å². The van der Waals surface area contributed by atoms with Gasteiger partial charge in [0.2, 0.25) is 0 Å². The summed E-state index contributed by atoms with van der Waals surface area (Å²) in [5.41, 5.74) is -4.09. The van der Waals surface area contributed by atoms with Crippen LogP contribution in [0.3, 0.4) is 0 Å². The molecule has 0 aliphatic carbocycles. The molecule has 164 valence electrons. The van der Waals surface area contributed by atoms with Gasteiger partial charge in [0.15, 0.2) is 0 Å². The van der Waals surface area contributed by atoms with Crippen LogP contribution in [0, 0.1) is 0 Å². The van der Waals surface area contributed by atoms with E-state index in [1.165, 1.54) is 0 Å². The lowest BCUT2D eigenvalue weighted by atomic mass is 10.1. The van der Waals surface area contributed by atoms with E-state index in [-0.39, 0.29) is 16.5 Å². The Morgan fingerprint density at radius 3 is 1.80 bits per heavy atom. The first kappa shape index (κ1) is 23.6. The van der Waals surface area contributed by atoms with Gasteiger partial charge < -0.3 is 5.32 Å². The molecule has 0 unspecified atom stereocenters. The summed E-state index contributed by atoms with van der Waals surface area (Å²) in [6.45, 7) is 0. The van der Waals surface area contributed by atoms with Crippen LogP contribution in [-0.2, 0) is 27.2 Å². The van der Waals surface area contributed by atoms with E-state index in [9.17, 15) is 39.6 Å². The Labute approximate surface area is 167 Å². The topological polar surface area (TPSA) is 75.7 Å². The zero-order valence-corrected chi connectivity index (χ0v) is 16.1. The number of hydroxylamine groups is 1. The van der Waals surface area contributed by atoms with Crippen LogP contribution < -0.4 is 5.32 Å². The number of nitrogens with zero attached hydrogens (tertiary/aromatic N) is 1. The van der Waals surface area contributed by atoms with Gasteiger partial charge >= 0.3 is 12.4 Å². The molecule has 0 bridgehead atoms. The minimum Gasteiger partial charge on any atom is -0.322 e. The third kappa shape index (κ3) is 5.29. The predicted octanol–water partition coefficient (Wildman–Crippen LogP) is 4.16. The molecule has 2 rings (SSSR count). The minimum atomic E-state index is -5.07. The number of benzene rings is 2. The average molecular weight is 456 g/mol. The number of carbonyl (C=O) groups excluding carboxylic acids is 1. The fourth-order valence-corrected chi connectivity index (χ4v) is 3.23. The summed E-state index contributed by atoms with van der Waals surface area (Å²) in [5.74, 6) is -1.04. The van der Waals surface area contributed by atoms with Crippen molar-refractivity contribution in [3.05, 3.63) is 59.2 Å². The number of hydrogen-bond acceptors (Lipinski definition) is 4. The molecule has 0 fully saturated rings. The Kier molecular flexibility index (Phi) is 6.49. The Balaban J connectivity index is 2.34. The van der Waals surface area contributed by atoms with Gasteiger partial charge in [0.1, 0.15) is 0 Å². The van der Waals surface area contributed by atoms with Gasteiger partial charge in [-0.15, -0.1) is 0 Å². The normalized spacial score (nSPS) is 12.8. The monoisotopic (exact) mass is 456 g/mol. The molecule has 13 heteroatoms. The van der Waals surface area contributed by atoms with E-state index in [1.807, 2.05) is 5.32 Å². The number of amides is 1. The standard InChI is InChI=1S/C17H14F6N2O4S/c1-25(29-2)30(27,28)14-5-3-10(4-6-14)15(26)24-13-8-11(16(18,19)20)7-12(9-13)17(21,22)23/h3-9H,1-2H3,(H,24,26). The maximum absolute atomic E-state index is 12.9. The van der Waals surface area contributed by atoms with Gasteiger partial charge in [-0.3, -0.25) is 9.63 Å². The first-order valence-corrected chi connectivity index (χ1v) is 9.34. The Bertz CT molecular complexity index is 1000. The summed E-state index contributed by atoms with van der Waals surface area (Å²) in [7, 11) is -1.76. The highest BCUT2D eigenvalue weighted by molar-refractivity contribution is 7.89. The molecule has 0 radical (unpaired) electrons. The zero-order valence-electron chi connectivity index (χ0n) is 15.3. The van der Waals surface area contributed by atoms with Crippen LogP contribution in [0.15, 0.2) is 47.4 Å². The molecule has 0 aliphatic heterocycles. The maximum atomic E-state index is 12.9. The van der Waals surface area contributed by atoms with E-state index in [4.69, 9.17) is 0 Å². The van der Waals surface area contributed by atoms with Gasteiger partial charge in [-0.25, -0.2) is 8.42 Å². The van der Waals surface area contributed by atoms with Crippen LogP contribution in [0.25, 0.3) is 0 Å². The average Bonchev–Trinajstić information content (AvgIpc) is 2.65. The lowest BCUT2D eigenvalue weighted by Gasteiger charge is -2.15. The number of anilines is 1. The number of sulfonamides is 1. The number of carbonyl (C=O) groups is 1. The lowest BCUT2D eigenvalue weighted by Crippen LogP contribution is -2.25. The minimum absolute atomic E-state index is 0.0678. The van der Waals surface area contributed by atoms with Gasteiger partial charge in [0.05, 0.1) is 23.1 Å². The molecular weight excluding hydrogens is 442 g/mol. The predicted molar refractivity (Wildman–Crippen MR) is 92.8 cm³/mol. The van der Waals surface area contributed by atoms with Crippen molar-refractivity contribution in [1.29, 1.82) is 0 Å². The van der Waals surface area contributed by atoms with Crippen molar-refractivity contribution in [2.45, 2.75) is 17.2 Å². The second-order valence-electron chi connectivity index (χ2n) is 5.87. The van der Waals surface area contributed by atoms with E-state index < -0.39 is 45.1 Å².